The quantitative estimate of drug-likeness (QED) is 0.207. The Morgan fingerprint density at radius 1 is 1.07 bits per heavy atom. The van der Waals surface area contributed by atoms with Crippen LogP contribution in [0.25, 0.3) is 0 Å². The molecule has 0 aliphatic carbocycles. The van der Waals surface area contributed by atoms with Gasteiger partial charge in [-0.3, -0.25) is 14.4 Å². The second-order valence-corrected chi connectivity index (χ2v) is 7.55. The Balaban J connectivity index is 2.81. The molecule has 5 unspecified atom stereocenters. The summed E-state index contributed by atoms with van der Waals surface area (Å²) in [6.45, 7) is 5.51. The summed E-state index contributed by atoms with van der Waals surface area (Å²) in [5, 5.41) is 29.3. The molecular formula is C17H30N4O6S. The second kappa shape index (κ2) is 11.2. The number of aliphatic hydroxyl groups excluding tert-OH is 1. The third-order valence-electron chi connectivity index (χ3n) is 4.48. The lowest BCUT2D eigenvalue weighted by Gasteiger charge is -2.28. The number of hydrogen-bond donors (Lipinski definition) is 7. The standard InChI is InChI=1S/C17H30N4O6S/c1-8(2)12(20-14(23)10-5-4-6-18-10)15(24)21-13(9(3)22)16(25)19-11(7-28)17(26)27/h8-13,18,22,28H,4-7H2,1-3H3,(H,19,25)(H,20,23)(H,21,24)(H,26,27). The fourth-order valence-corrected chi connectivity index (χ4v) is 3.04. The van der Waals surface area contributed by atoms with Gasteiger partial charge in [0.25, 0.3) is 0 Å². The molecule has 0 aromatic heterocycles. The van der Waals surface area contributed by atoms with Crippen LogP contribution in [0.1, 0.15) is 33.6 Å². The van der Waals surface area contributed by atoms with Crippen molar-refractivity contribution in [1.29, 1.82) is 0 Å². The lowest BCUT2D eigenvalue weighted by atomic mass is 10.0. The van der Waals surface area contributed by atoms with Gasteiger partial charge in [0.05, 0.1) is 12.1 Å². The van der Waals surface area contributed by atoms with Crippen LogP contribution in [0.15, 0.2) is 0 Å². The van der Waals surface area contributed by atoms with Crippen molar-refractivity contribution >= 4 is 36.3 Å². The number of thiol groups is 1. The van der Waals surface area contributed by atoms with Gasteiger partial charge < -0.3 is 31.5 Å². The van der Waals surface area contributed by atoms with E-state index in [9.17, 15) is 24.3 Å². The van der Waals surface area contributed by atoms with E-state index >= 15 is 0 Å². The molecule has 11 heteroatoms. The van der Waals surface area contributed by atoms with E-state index in [4.69, 9.17) is 5.11 Å². The maximum Gasteiger partial charge on any atom is 0.327 e. The Bertz CT molecular complexity index is 580. The number of carbonyl (C=O) groups is 4. The third-order valence-corrected chi connectivity index (χ3v) is 4.85. The van der Waals surface area contributed by atoms with Crippen LogP contribution in [0.2, 0.25) is 0 Å². The van der Waals surface area contributed by atoms with Crippen molar-refractivity contribution in [3.05, 3.63) is 0 Å². The van der Waals surface area contributed by atoms with E-state index < -0.39 is 42.0 Å². The molecular weight excluding hydrogens is 388 g/mol. The van der Waals surface area contributed by atoms with Crippen LogP contribution in [-0.4, -0.2) is 76.5 Å². The van der Waals surface area contributed by atoms with Crippen LogP contribution in [0.4, 0.5) is 0 Å². The van der Waals surface area contributed by atoms with Crippen LogP contribution in [0.5, 0.6) is 0 Å². The van der Waals surface area contributed by atoms with E-state index in [1.54, 1.807) is 13.8 Å². The Morgan fingerprint density at radius 3 is 2.11 bits per heavy atom. The van der Waals surface area contributed by atoms with Gasteiger partial charge >= 0.3 is 5.97 Å². The number of hydrogen-bond acceptors (Lipinski definition) is 7. The topological polar surface area (TPSA) is 157 Å². The van der Waals surface area contributed by atoms with Gasteiger partial charge in [0.2, 0.25) is 17.7 Å². The van der Waals surface area contributed by atoms with Gasteiger partial charge in [-0.05, 0) is 32.2 Å². The number of carboxylic acid groups (broad SMARTS) is 1. The molecule has 1 rings (SSSR count). The van der Waals surface area contributed by atoms with Crippen LogP contribution in [0.3, 0.4) is 0 Å². The minimum atomic E-state index is -1.38. The number of carboxylic acids is 1. The summed E-state index contributed by atoms with van der Waals surface area (Å²) in [7, 11) is 0. The first-order valence-corrected chi connectivity index (χ1v) is 9.88. The molecule has 0 saturated carbocycles. The van der Waals surface area contributed by atoms with Gasteiger partial charge in [-0.1, -0.05) is 13.8 Å². The Hall–Kier alpha value is -1.85. The molecule has 1 saturated heterocycles. The Kier molecular flexibility index (Phi) is 9.70. The van der Waals surface area contributed by atoms with E-state index in [-0.39, 0.29) is 23.6 Å². The number of amides is 3. The van der Waals surface area contributed by atoms with Gasteiger partial charge in [0.1, 0.15) is 18.1 Å². The Labute approximate surface area is 169 Å². The molecule has 1 aliphatic heterocycles. The highest BCUT2D eigenvalue weighted by Gasteiger charge is 2.34. The molecule has 0 aromatic carbocycles. The van der Waals surface area contributed by atoms with Crippen molar-refractivity contribution in [2.45, 2.75) is 63.9 Å². The molecule has 5 atom stereocenters. The summed E-state index contributed by atoms with van der Waals surface area (Å²) in [5.74, 6) is -3.50. The zero-order valence-corrected chi connectivity index (χ0v) is 17.2. The van der Waals surface area contributed by atoms with E-state index in [1.807, 2.05) is 0 Å². The maximum absolute atomic E-state index is 12.7. The van der Waals surface area contributed by atoms with Gasteiger partial charge in [-0.25, -0.2) is 4.79 Å². The van der Waals surface area contributed by atoms with Gasteiger partial charge in [-0.15, -0.1) is 0 Å². The van der Waals surface area contributed by atoms with E-state index in [0.29, 0.717) is 6.42 Å². The molecule has 1 aliphatic rings. The van der Waals surface area contributed by atoms with Crippen LogP contribution in [-0.2, 0) is 19.2 Å². The number of carbonyl (C=O) groups excluding carboxylic acids is 3. The highest BCUT2D eigenvalue weighted by Crippen LogP contribution is 2.09. The van der Waals surface area contributed by atoms with Crippen molar-refractivity contribution in [2.24, 2.45) is 5.92 Å². The van der Waals surface area contributed by atoms with Crippen molar-refractivity contribution in [3.8, 4) is 0 Å². The average Bonchev–Trinajstić information content (AvgIpc) is 3.15. The molecule has 3 amide bonds. The summed E-state index contributed by atoms with van der Waals surface area (Å²) < 4.78 is 0. The van der Waals surface area contributed by atoms with Crippen molar-refractivity contribution in [3.63, 3.8) is 0 Å². The molecule has 160 valence electrons. The smallest absolute Gasteiger partial charge is 0.327 e. The second-order valence-electron chi connectivity index (χ2n) is 7.19. The van der Waals surface area contributed by atoms with Gasteiger partial charge in [0.15, 0.2) is 0 Å². The molecule has 0 aromatic rings. The van der Waals surface area contributed by atoms with E-state index in [2.05, 4.69) is 33.9 Å². The first kappa shape index (κ1) is 24.2. The molecule has 10 nitrogen and oxygen atoms in total. The SMILES string of the molecule is CC(C)C(NC(=O)C1CCCN1)C(=O)NC(C(=O)NC(CS)C(=O)O)C(C)O. The molecule has 28 heavy (non-hydrogen) atoms. The van der Waals surface area contributed by atoms with E-state index in [0.717, 1.165) is 13.0 Å². The van der Waals surface area contributed by atoms with Crippen molar-refractivity contribution in [2.75, 3.05) is 12.3 Å². The normalized spacial score (nSPS) is 20.7. The summed E-state index contributed by atoms with van der Waals surface area (Å²) in [6.07, 6.45) is 0.270. The van der Waals surface area contributed by atoms with Crippen LogP contribution < -0.4 is 21.3 Å². The van der Waals surface area contributed by atoms with Gasteiger partial charge in [0, 0.05) is 5.75 Å². The third kappa shape index (κ3) is 6.95. The van der Waals surface area contributed by atoms with Crippen molar-refractivity contribution in [1.82, 2.24) is 21.3 Å². The highest BCUT2D eigenvalue weighted by atomic mass is 32.1. The zero-order valence-electron chi connectivity index (χ0n) is 16.3. The highest BCUT2D eigenvalue weighted by molar-refractivity contribution is 7.80. The Morgan fingerprint density at radius 2 is 1.68 bits per heavy atom. The first-order chi connectivity index (χ1) is 13.1. The maximum atomic E-state index is 12.7. The monoisotopic (exact) mass is 418 g/mol. The van der Waals surface area contributed by atoms with Crippen LogP contribution >= 0.6 is 12.6 Å². The molecule has 0 spiro atoms. The summed E-state index contributed by atoms with van der Waals surface area (Å²) in [5.41, 5.74) is 0. The summed E-state index contributed by atoms with van der Waals surface area (Å²) in [6, 6.07) is -3.92. The molecule has 1 heterocycles. The molecule has 0 radical (unpaired) electrons. The minimum absolute atomic E-state index is 0.152. The minimum Gasteiger partial charge on any atom is -0.480 e. The molecule has 0 bridgehead atoms. The fourth-order valence-electron chi connectivity index (χ4n) is 2.79. The largest absolute Gasteiger partial charge is 0.480 e. The van der Waals surface area contributed by atoms with E-state index in [1.165, 1.54) is 6.92 Å². The molecule has 1 fully saturated rings. The fraction of sp³-hybridized carbons (Fsp3) is 0.765. The predicted octanol–water partition coefficient (Wildman–Crippen LogP) is -1.76. The number of aliphatic hydroxyl groups is 1. The van der Waals surface area contributed by atoms with Gasteiger partial charge in [-0.2, -0.15) is 12.6 Å². The van der Waals surface area contributed by atoms with Crippen LogP contribution in [0, 0.1) is 5.92 Å². The lowest BCUT2D eigenvalue weighted by molar-refractivity contribution is -0.142. The summed E-state index contributed by atoms with van der Waals surface area (Å²) >= 11 is 3.86. The van der Waals surface area contributed by atoms with Crippen molar-refractivity contribution < 1.29 is 29.4 Å². The zero-order chi connectivity index (χ0) is 21.4. The summed E-state index contributed by atoms with van der Waals surface area (Å²) in [4.78, 5) is 48.4. The average molecular weight is 419 g/mol. The number of nitrogens with one attached hydrogen (secondary N) is 4. The predicted molar refractivity (Wildman–Crippen MR) is 105 cm³/mol. The first-order valence-electron chi connectivity index (χ1n) is 9.24. The lowest BCUT2D eigenvalue weighted by Crippen LogP contribution is -2.60. The molecule has 6 N–H and O–H groups in total. The number of rotatable bonds is 10. The number of aliphatic carboxylic acids is 1.